The molecule has 1 amide bonds. The summed E-state index contributed by atoms with van der Waals surface area (Å²) in [4.78, 5) is 30.9. The van der Waals surface area contributed by atoms with E-state index in [4.69, 9.17) is 11.5 Å². The van der Waals surface area contributed by atoms with Crippen LogP contribution in [0.2, 0.25) is 0 Å². The van der Waals surface area contributed by atoms with Crippen LogP contribution in [0.5, 0.6) is 0 Å². The van der Waals surface area contributed by atoms with Crippen molar-refractivity contribution in [3.05, 3.63) is 94.2 Å². The Hall–Kier alpha value is -4.67. The average Bonchev–Trinajstić information content (AvgIpc) is 3.25. The van der Waals surface area contributed by atoms with E-state index in [1.165, 1.54) is 6.08 Å². The normalized spacial score (nSPS) is 11.9. The first kappa shape index (κ1) is 23.0. The summed E-state index contributed by atoms with van der Waals surface area (Å²) in [5.41, 5.74) is 13.6. The van der Waals surface area contributed by atoms with Gasteiger partial charge < -0.3 is 22.1 Å². The molecule has 2 heterocycles. The number of nitrogens with zero attached hydrogens (tertiary/aromatic N) is 4. The zero-order chi connectivity index (χ0) is 24.0. The summed E-state index contributed by atoms with van der Waals surface area (Å²) in [6, 6.07) is 8.75. The van der Waals surface area contributed by atoms with E-state index >= 15 is 0 Å². The fourth-order valence-electron chi connectivity index (χ4n) is 3.01. The van der Waals surface area contributed by atoms with E-state index in [2.05, 4.69) is 27.2 Å². The number of nitrogens with one attached hydrogen (secondary N) is 2. The minimum Gasteiger partial charge on any atom is -0.394 e. The molecule has 170 valence electrons. The zero-order valence-corrected chi connectivity index (χ0v) is 18.0. The first-order valence-electron chi connectivity index (χ1n) is 9.96. The molecule has 3 rings (SSSR count). The van der Waals surface area contributed by atoms with Crippen molar-refractivity contribution in [2.45, 2.75) is 6.92 Å². The lowest BCUT2D eigenvalue weighted by Crippen LogP contribution is -2.22. The summed E-state index contributed by atoms with van der Waals surface area (Å²) < 4.78 is 1.81. The molecule has 0 spiro atoms. The van der Waals surface area contributed by atoms with Crippen LogP contribution in [-0.2, 0) is 0 Å². The van der Waals surface area contributed by atoms with E-state index in [1.807, 2.05) is 16.5 Å². The first-order valence-corrected chi connectivity index (χ1v) is 9.96. The second-order valence-electron chi connectivity index (χ2n) is 7.10. The molecular formula is C22H24N8O3. The highest BCUT2D eigenvalue weighted by Crippen LogP contribution is 2.22. The number of anilines is 1. The Morgan fingerprint density at radius 1 is 1.27 bits per heavy atom. The van der Waals surface area contributed by atoms with Crippen LogP contribution in [-0.4, -0.2) is 38.3 Å². The molecule has 0 saturated heterocycles. The van der Waals surface area contributed by atoms with Crippen molar-refractivity contribution in [1.29, 1.82) is 0 Å². The summed E-state index contributed by atoms with van der Waals surface area (Å²) >= 11 is 0. The summed E-state index contributed by atoms with van der Waals surface area (Å²) in [6.45, 7) is 6.21. The third-order valence-corrected chi connectivity index (χ3v) is 4.66. The molecule has 0 saturated carbocycles. The number of aromatic nitrogens is 3. The van der Waals surface area contributed by atoms with Gasteiger partial charge in [0.25, 0.3) is 5.70 Å². The van der Waals surface area contributed by atoms with Crippen molar-refractivity contribution in [1.82, 2.24) is 19.7 Å². The summed E-state index contributed by atoms with van der Waals surface area (Å²) in [5, 5.41) is 17.3. The summed E-state index contributed by atoms with van der Waals surface area (Å²) in [6.07, 6.45) is 6.32. The molecule has 0 atom stereocenters. The fraction of sp³-hybridized carbons (Fsp3) is 0.136. The summed E-state index contributed by atoms with van der Waals surface area (Å²) in [5.74, 6) is 0.0606. The van der Waals surface area contributed by atoms with E-state index < -0.39 is 10.8 Å². The van der Waals surface area contributed by atoms with Crippen LogP contribution in [0.4, 0.5) is 5.95 Å². The summed E-state index contributed by atoms with van der Waals surface area (Å²) in [7, 11) is 0. The number of nitro groups is 1. The van der Waals surface area contributed by atoms with Crippen LogP contribution in [0, 0.1) is 10.1 Å². The van der Waals surface area contributed by atoms with Gasteiger partial charge in [0, 0.05) is 54.4 Å². The molecule has 1 aromatic carbocycles. The van der Waals surface area contributed by atoms with Crippen LogP contribution in [0.1, 0.15) is 17.3 Å². The number of carbonyl (C=O) groups is 1. The average molecular weight is 448 g/mol. The number of nitrogens with two attached hydrogens (primary N) is 2. The highest BCUT2D eigenvalue weighted by Gasteiger charge is 2.11. The van der Waals surface area contributed by atoms with Gasteiger partial charge in [0.1, 0.15) is 11.3 Å². The predicted octanol–water partition coefficient (Wildman–Crippen LogP) is 2.03. The third kappa shape index (κ3) is 5.73. The highest BCUT2D eigenvalue weighted by atomic mass is 16.6. The van der Waals surface area contributed by atoms with Gasteiger partial charge in [-0.15, -0.1) is 0 Å². The minimum absolute atomic E-state index is 0.109. The number of imidazole rings is 1. The molecule has 0 unspecified atom stereocenters. The molecule has 0 aliphatic carbocycles. The quantitative estimate of drug-likeness (QED) is 0.158. The monoisotopic (exact) mass is 448 g/mol. The maximum absolute atomic E-state index is 11.5. The third-order valence-electron chi connectivity index (χ3n) is 4.66. The van der Waals surface area contributed by atoms with Gasteiger partial charge in [0.15, 0.2) is 0 Å². The zero-order valence-electron chi connectivity index (χ0n) is 18.0. The predicted molar refractivity (Wildman–Crippen MR) is 126 cm³/mol. The lowest BCUT2D eigenvalue weighted by atomic mass is 10.1. The molecule has 0 bridgehead atoms. The molecule has 33 heavy (non-hydrogen) atoms. The SMILES string of the molecule is C=C(N)/C(=C\C=C(/C)NCCNc1nc(-c2cccc(C(N)=O)c2)cc2nccn12)[N+](=O)[O-]. The first-order chi connectivity index (χ1) is 15.8. The van der Waals surface area contributed by atoms with Crippen molar-refractivity contribution < 1.29 is 9.72 Å². The second-order valence-corrected chi connectivity index (χ2v) is 7.10. The molecule has 3 aromatic rings. The van der Waals surface area contributed by atoms with Crippen molar-refractivity contribution in [3.63, 3.8) is 0 Å². The molecule has 0 aliphatic heterocycles. The number of allylic oxidation sites excluding steroid dienone is 3. The smallest absolute Gasteiger partial charge is 0.291 e. The molecule has 11 nitrogen and oxygen atoms in total. The Balaban J connectivity index is 1.72. The minimum atomic E-state index is -0.582. The highest BCUT2D eigenvalue weighted by molar-refractivity contribution is 5.94. The van der Waals surface area contributed by atoms with Gasteiger partial charge in [0.05, 0.1) is 10.6 Å². The van der Waals surface area contributed by atoms with E-state index in [-0.39, 0.29) is 11.4 Å². The van der Waals surface area contributed by atoms with Gasteiger partial charge >= 0.3 is 0 Å². The Bertz CT molecular complexity index is 1260. The fourth-order valence-corrected chi connectivity index (χ4v) is 3.01. The second kappa shape index (κ2) is 10.1. The molecule has 11 heteroatoms. The van der Waals surface area contributed by atoms with Gasteiger partial charge in [-0.05, 0) is 25.1 Å². The maximum Gasteiger partial charge on any atom is 0.291 e. The number of rotatable bonds is 10. The lowest BCUT2D eigenvalue weighted by molar-refractivity contribution is -0.420. The van der Waals surface area contributed by atoms with Gasteiger partial charge in [-0.2, -0.15) is 0 Å². The van der Waals surface area contributed by atoms with Crippen molar-refractivity contribution >= 4 is 17.5 Å². The van der Waals surface area contributed by atoms with Crippen molar-refractivity contribution in [3.8, 4) is 11.3 Å². The number of hydrogen-bond donors (Lipinski definition) is 4. The van der Waals surface area contributed by atoms with Gasteiger partial charge in [0.2, 0.25) is 11.9 Å². The number of amides is 1. The van der Waals surface area contributed by atoms with Crippen LogP contribution < -0.4 is 22.1 Å². The molecule has 0 fully saturated rings. The Kier molecular flexibility index (Phi) is 7.03. The van der Waals surface area contributed by atoms with E-state index in [0.717, 1.165) is 11.3 Å². The maximum atomic E-state index is 11.5. The number of fused-ring (bicyclic) bond motifs is 1. The van der Waals surface area contributed by atoms with Crippen LogP contribution in [0.25, 0.3) is 16.9 Å². The standard InChI is InChI=1S/C22H24N8O3/c1-14(6-7-19(15(2)23)30(32)33)25-8-9-27-22-28-18(13-20-26-10-11-29(20)22)16-4-3-5-17(12-16)21(24)31/h3-7,10-13,25H,2,8-9,23H2,1H3,(H2,24,31)(H,27,28)/b14-6+,19-7+. The van der Waals surface area contributed by atoms with Gasteiger partial charge in [-0.1, -0.05) is 18.7 Å². The largest absolute Gasteiger partial charge is 0.394 e. The molecule has 0 radical (unpaired) electrons. The van der Waals surface area contributed by atoms with Gasteiger partial charge in [-0.3, -0.25) is 19.3 Å². The molecule has 2 aromatic heterocycles. The van der Waals surface area contributed by atoms with E-state index in [1.54, 1.807) is 43.6 Å². The van der Waals surface area contributed by atoms with Crippen LogP contribution >= 0.6 is 0 Å². The molecule has 0 aliphatic rings. The van der Waals surface area contributed by atoms with Crippen molar-refractivity contribution in [2.24, 2.45) is 11.5 Å². The molecule has 6 N–H and O–H groups in total. The lowest BCUT2D eigenvalue weighted by Gasteiger charge is -2.12. The van der Waals surface area contributed by atoms with Crippen molar-refractivity contribution in [2.75, 3.05) is 18.4 Å². The topological polar surface area (TPSA) is 166 Å². The Labute approximate surface area is 189 Å². The van der Waals surface area contributed by atoms with Crippen LogP contribution in [0.3, 0.4) is 0 Å². The Morgan fingerprint density at radius 3 is 2.76 bits per heavy atom. The van der Waals surface area contributed by atoms with E-state index in [0.29, 0.717) is 35.9 Å². The number of benzene rings is 1. The Morgan fingerprint density at radius 2 is 2.06 bits per heavy atom. The number of primary amides is 1. The van der Waals surface area contributed by atoms with Crippen LogP contribution in [0.15, 0.2) is 78.5 Å². The van der Waals surface area contributed by atoms with E-state index in [9.17, 15) is 14.9 Å². The molecular weight excluding hydrogens is 424 g/mol. The number of carbonyl (C=O) groups excluding carboxylic acids is 1. The van der Waals surface area contributed by atoms with Gasteiger partial charge in [-0.25, -0.2) is 9.97 Å². The number of hydrogen-bond acceptors (Lipinski definition) is 8.